The van der Waals surface area contributed by atoms with E-state index in [2.05, 4.69) is 30.7 Å². The number of aromatic nitrogens is 5. The van der Waals surface area contributed by atoms with Crippen LogP contribution in [0.3, 0.4) is 0 Å². The maximum Gasteiger partial charge on any atom is 0.269 e. The predicted octanol–water partition coefficient (Wildman–Crippen LogP) is 2.31. The van der Waals surface area contributed by atoms with Crippen LogP contribution in [0.15, 0.2) is 48.8 Å². The number of carbonyl (C=O) groups is 1. The van der Waals surface area contributed by atoms with Gasteiger partial charge in [0.25, 0.3) is 11.8 Å². The topological polar surface area (TPSA) is 116 Å². The van der Waals surface area contributed by atoms with Crippen LogP contribution in [0.1, 0.15) is 10.5 Å². The molecule has 152 valence electrons. The molecule has 10 nitrogen and oxygen atoms in total. The Hall–Kier alpha value is -4.21. The molecule has 0 fully saturated rings. The number of pyridine rings is 3. The molecule has 4 heterocycles. The summed E-state index contributed by atoms with van der Waals surface area (Å²) in [5.41, 5.74) is 2.68. The van der Waals surface area contributed by atoms with Gasteiger partial charge in [-0.15, -0.1) is 5.10 Å². The Morgan fingerprint density at radius 2 is 1.93 bits per heavy atom. The SMILES string of the molecule is CNC(=O)c1cccc(Nc2nc3cc(-c4cnc(OC)c(OC)c4)ccn3n2)n1. The number of nitrogens with zero attached hydrogens (tertiary/aromatic N) is 5. The van der Waals surface area contributed by atoms with Crippen molar-refractivity contribution in [1.29, 1.82) is 0 Å². The quantitative estimate of drug-likeness (QED) is 0.502. The highest BCUT2D eigenvalue weighted by atomic mass is 16.5. The smallest absolute Gasteiger partial charge is 0.269 e. The fraction of sp³-hybridized carbons (Fsp3) is 0.150. The van der Waals surface area contributed by atoms with E-state index >= 15 is 0 Å². The van der Waals surface area contributed by atoms with Gasteiger partial charge in [0.05, 0.1) is 14.2 Å². The summed E-state index contributed by atoms with van der Waals surface area (Å²) in [7, 11) is 4.66. The zero-order valence-corrected chi connectivity index (χ0v) is 16.6. The normalized spacial score (nSPS) is 10.6. The van der Waals surface area contributed by atoms with Crippen LogP contribution in [0, 0.1) is 0 Å². The van der Waals surface area contributed by atoms with Gasteiger partial charge in [0.1, 0.15) is 11.5 Å². The lowest BCUT2D eigenvalue weighted by Gasteiger charge is -2.08. The molecular weight excluding hydrogens is 386 g/mol. The first-order chi connectivity index (χ1) is 14.6. The molecule has 4 aromatic heterocycles. The molecule has 0 spiro atoms. The molecule has 0 radical (unpaired) electrons. The molecule has 0 aromatic carbocycles. The number of hydrogen-bond acceptors (Lipinski definition) is 8. The van der Waals surface area contributed by atoms with Crippen molar-refractivity contribution in [2.24, 2.45) is 0 Å². The van der Waals surface area contributed by atoms with Crippen LogP contribution in [0.25, 0.3) is 16.8 Å². The number of methoxy groups -OCH3 is 2. The Morgan fingerprint density at radius 1 is 1.07 bits per heavy atom. The summed E-state index contributed by atoms with van der Waals surface area (Å²) in [5, 5.41) is 9.96. The van der Waals surface area contributed by atoms with Gasteiger partial charge in [-0.25, -0.2) is 14.5 Å². The molecule has 30 heavy (non-hydrogen) atoms. The fourth-order valence-electron chi connectivity index (χ4n) is 2.88. The highest BCUT2D eigenvalue weighted by molar-refractivity contribution is 5.92. The number of anilines is 2. The Bertz CT molecular complexity index is 1220. The van der Waals surface area contributed by atoms with Crippen molar-refractivity contribution in [2.45, 2.75) is 0 Å². The lowest BCUT2D eigenvalue weighted by molar-refractivity contribution is 0.0958. The van der Waals surface area contributed by atoms with E-state index in [-0.39, 0.29) is 5.91 Å². The Balaban J connectivity index is 1.62. The zero-order valence-electron chi connectivity index (χ0n) is 16.6. The molecule has 0 unspecified atom stereocenters. The van der Waals surface area contributed by atoms with Crippen molar-refractivity contribution in [2.75, 3.05) is 26.6 Å². The maximum atomic E-state index is 11.8. The Labute approximate surface area is 171 Å². The molecular formula is C20H19N7O3. The Morgan fingerprint density at radius 3 is 2.70 bits per heavy atom. The summed E-state index contributed by atoms with van der Waals surface area (Å²) in [6.45, 7) is 0. The van der Waals surface area contributed by atoms with Gasteiger partial charge >= 0.3 is 0 Å². The van der Waals surface area contributed by atoms with Gasteiger partial charge in [-0.3, -0.25) is 4.79 Å². The lowest BCUT2D eigenvalue weighted by atomic mass is 10.1. The minimum absolute atomic E-state index is 0.269. The summed E-state index contributed by atoms with van der Waals surface area (Å²) in [4.78, 5) is 24.8. The van der Waals surface area contributed by atoms with E-state index in [0.717, 1.165) is 11.1 Å². The number of ether oxygens (including phenoxy) is 2. The van der Waals surface area contributed by atoms with E-state index < -0.39 is 0 Å². The van der Waals surface area contributed by atoms with Crippen LogP contribution < -0.4 is 20.1 Å². The first-order valence-electron chi connectivity index (χ1n) is 9.02. The maximum absolute atomic E-state index is 11.8. The highest BCUT2D eigenvalue weighted by Crippen LogP contribution is 2.30. The van der Waals surface area contributed by atoms with Crippen LogP contribution in [-0.4, -0.2) is 51.7 Å². The fourth-order valence-corrected chi connectivity index (χ4v) is 2.88. The number of amides is 1. The van der Waals surface area contributed by atoms with E-state index in [1.807, 2.05) is 18.2 Å². The van der Waals surface area contributed by atoms with Gasteiger partial charge in [0, 0.05) is 25.0 Å². The molecule has 4 aromatic rings. The largest absolute Gasteiger partial charge is 0.491 e. The molecule has 0 aliphatic carbocycles. The number of nitrogens with one attached hydrogen (secondary N) is 2. The highest BCUT2D eigenvalue weighted by Gasteiger charge is 2.11. The predicted molar refractivity (Wildman–Crippen MR) is 110 cm³/mol. The minimum Gasteiger partial charge on any atom is -0.491 e. The second-order valence-corrected chi connectivity index (χ2v) is 6.20. The molecule has 2 N–H and O–H groups in total. The molecule has 4 rings (SSSR count). The molecule has 0 atom stereocenters. The minimum atomic E-state index is -0.269. The number of rotatable bonds is 6. The third-order valence-corrected chi connectivity index (χ3v) is 4.35. The second-order valence-electron chi connectivity index (χ2n) is 6.20. The van der Waals surface area contributed by atoms with Crippen molar-refractivity contribution < 1.29 is 14.3 Å². The average Bonchev–Trinajstić information content (AvgIpc) is 3.19. The summed E-state index contributed by atoms with van der Waals surface area (Å²) >= 11 is 0. The molecule has 0 saturated heterocycles. The third-order valence-electron chi connectivity index (χ3n) is 4.35. The summed E-state index contributed by atoms with van der Waals surface area (Å²) in [6.07, 6.45) is 3.50. The van der Waals surface area contributed by atoms with Crippen molar-refractivity contribution in [1.82, 2.24) is 29.9 Å². The number of hydrogen-bond donors (Lipinski definition) is 2. The van der Waals surface area contributed by atoms with E-state index in [1.165, 1.54) is 0 Å². The van der Waals surface area contributed by atoms with E-state index in [0.29, 0.717) is 34.7 Å². The monoisotopic (exact) mass is 405 g/mol. The molecule has 10 heteroatoms. The standard InChI is InChI=1S/C20H19N7O3/c1-21-18(28)14-5-4-6-16(23-14)24-20-25-17-10-12(7-8-27(17)26-20)13-9-15(29-2)19(30-3)22-11-13/h4-11H,1-3H3,(H,21,28)(H,23,24,26). The molecule has 0 aliphatic rings. The number of carbonyl (C=O) groups excluding carboxylic acids is 1. The van der Waals surface area contributed by atoms with E-state index in [9.17, 15) is 4.79 Å². The van der Waals surface area contributed by atoms with Crippen LogP contribution in [0.5, 0.6) is 11.6 Å². The number of fused-ring (bicyclic) bond motifs is 1. The first kappa shape index (κ1) is 19.1. The molecule has 0 saturated carbocycles. The average molecular weight is 405 g/mol. The van der Waals surface area contributed by atoms with Gasteiger partial charge in [-0.05, 0) is 35.9 Å². The van der Waals surface area contributed by atoms with Gasteiger partial charge < -0.3 is 20.1 Å². The first-order valence-corrected chi connectivity index (χ1v) is 9.02. The zero-order chi connectivity index (χ0) is 21.1. The van der Waals surface area contributed by atoms with Crippen LogP contribution in [0.4, 0.5) is 11.8 Å². The second kappa shape index (κ2) is 8.03. The van der Waals surface area contributed by atoms with Crippen molar-refractivity contribution in [3.8, 4) is 22.8 Å². The third kappa shape index (κ3) is 3.70. The van der Waals surface area contributed by atoms with Gasteiger partial charge in [0.2, 0.25) is 5.95 Å². The van der Waals surface area contributed by atoms with Gasteiger partial charge in [0.15, 0.2) is 11.4 Å². The summed E-state index contributed by atoms with van der Waals surface area (Å²) < 4.78 is 12.2. The van der Waals surface area contributed by atoms with Gasteiger partial charge in [-0.2, -0.15) is 4.98 Å². The Kier molecular flexibility index (Phi) is 5.12. The van der Waals surface area contributed by atoms with Crippen LogP contribution in [0.2, 0.25) is 0 Å². The van der Waals surface area contributed by atoms with Crippen molar-refractivity contribution in [3.63, 3.8) is 0 Å². The summed E-state index contributed by atoms with van der Waals surface area (Å²) in [5.74, 6) is 1.52. The molecule has 1 amide bonds. The van der Waals surface area contributed by atoms with E-state index in [1.54, 1.807) is 56.4 Å². The van der Waals surface area contributed by atoms with Crippen LogP contribution >= 0.6 is 0 Å². The van der Waals surface area contributed by atoms with Crippen molar-refractivity contribution in [3.05, 3.63) is 54.5 Å². The van der Waals surface area contributed by atoms with Crippen LogP contribution in [-0.2, 0) is 0 Å². The van der Waals surface area contributed by atoms with E-state index in [4.69, 9.17) is 9.47 Å². The molecule has 0 aliphatic heterocycles. The lowest BCUT2D eigenvalue weighted by Crippen LogP contribution is -2.19. The van der Waals surface area contributed by atoms with Gasteiger partial charge in [-0.1, -0.05) is 6.07 Å². The van der Waals surface area contributed by atoms with Crippen molar-refractivity contribution >= 4 is 23.3 Å². The molecule has 0 bridgehead atoms. The summed E-state index contributed by atoms with van der Waals surface area (Å²) in [6, 6.07) is 10.7.